The van der Waals surface area contributed by atoms with Crippen molar-refractivity contribution in [1.82, 2.24) is 10.2 Å². The highest BCUT2D eigenvalue weighted by molar-refractivity contribution is 5.94. The summed E-state index contributed by atoms with van der Waals surface area (Å²) >= 11 is 0. The predicted molar refractivity (Wildman–Crippen MR) is 110 cm³/mol. The smallest absolute Gasteiger partial charge is 0.248 e. The monoisotopic (exact) mass is 388 g/mol. The van der Waals surface area contributed by atoms with E-state index in [4.69, 9.17) is 5.73 Å². The Labute approximate surface area is 167 Å². The van der Waals surface area contributed by atoms with E-state index in [1.165, 1.54) is 19.3 Å². The molecular weight excluding hydrogens is 356 g/mol. The van der Waals surface area contributed by atoms with Crippen LogP contribution in [-0.4, -0.2) is 48.3 Å². The Kier molecular flexibility index (Phi) is 8.44. The first-order chi connectivity index (χ1) is 13.4. The van der Waals surface area contributed by atoms with Crippen LogP contribution in [0.2, 0.25) is 0 Å². The molecule has 0 radical (unpaired) electrons. The topological polar surface area (TPSA) is 105 Å². The number of primary amides is 1. The molecule has 0 bridgehead atoms. The summed E-state index contributed by atoms with van der Waals surface area (Å²) in [5.74, 6) is -0.0773. The standard InChI is InChI=1S/C21H32N4O3/c1-3-25(14-20(27)24-18-7-5-4-6-15(18)2)13-12-19(26)23-17-10-8-16(9-11-17)21(22)28/h8-11,15,18H,3-7,12-14H2,1-2H3,(H2,22,28)(H,23,26)(H,24,27). The van der Waals surface area contributed by atoms with Gasteiger partial charge in [0.05, 0.1) is 6.54 Å². The van der Waals surface area contributed by atoms with Gasteiger partial charge in [0.15, 0.2) is 0 Å². The second-order valence-corrected chi connectivity index (χ2v) is 7.54. The van der Waals surface area contributed by atoms with Crippen molar-refractivity contribution in [2.24, 2.45) is 11.7 Å². The Morgan fingerprint density at radius 1 is 1.11 bits per heavy atom. The van der Waals surface area contributed by atoms with Gasteiger partial charge in [0, 0.05) is 30.3 Å². The highest BCUT2D eigenvalue weighted by Gasteiger charge is 2.23. The SMILES string of the molecule is CCN(CCC(=O)Nc1ccc(C(N)=O)cc1)CC(=O)NC1CCCCC1C. The van der Waals surface area contributed by atoms with E-state index < -0.39 is 5.91 Å². The highest BCUT2D eigenvalue weighted by atomic mass is 16.2. The number of nitrogens with one attached hydrogen (secondary N) is 2. The van der Waals surface area contributed by atoms with Crippen LogP contribution >= 0.6 is 0 Å². The van der Waals surface area contributed by atoms with Crippen molar-refractivity contribution in [1.29, 1.82) is 0 Å². The van der Waals surface area contributed by atoms with Crippen molar-refractivity contribution in [2.75, 3.05) is 25.0 Å². The van der Waals surface area contributed by atoms with Gasteiger partial charge >= 0.3 is 0 Å². The van der Waals surface area contributed by atoms with Crippen LogP contribution in [0.1, 0.15) is 56.3 Å². The predicted octanol–water partition coefficient (Wildman–Crippen LogP) is 2.13. The minimum atomic E-state index is -0.502. The van der Waals surface area contributed by atoms with E-state index in [0.717, 1.165) is 6.42 Å². The highest BCUT2D eigenvalue weighted by Crippen LogP contribution is 2.23. The minimum Gasteiger partial charge on any atom is -0.366 e. The third-order valence-corrected chi connectivity index (χ3v) is 5.38. The number of benzene rings is 1. The molecule has 1 fully saturated rings. The van der Waals surface area contributed by atoms with Crippen molar-refractivity contribution < 1.29 is 14.4 Å². The lowest BCUT2D eigenvalue weighted by Crippen LogP contribution is -2.46. The lowest BCUT2D eigenvalue weighted by molar-refractivity contribution is -0.124. The normalized spacial score (nSPS) is 19.2. The molecule has 1 aromatic rings. The number of carbonyl (C=O) groups is 3. The zero-order chi connectivity index (χ0) is 20.5. The van der Waals surface area contributed by atoms with Crippen molar-refractivity contribution in [2.45, 2.75) is 52.0 Å². The molecule has 0 aromatic heterocycles. The van der Waals surface area contributed by atoms with Gasteiger partial charge in [0.2, 0.25) is 17.7 Å². The lowest BCUT2D eigenvalue weighted by Gasteiger charge is -2.30. The first-order valence-corrected chi connectivity index (χ1v) is 10.1. The average molecular weight is 389 g/mol. The maximum atomic E-state index is 12.4. The lowest BCUT2D eigenvalue weighted by atomic mass is 9.86. The van der Waals surface area contributed by atoms with Gasteiger partial charge in [-0.05, 0) is 49.6 Å². The van der Waals surface area contributed by atoms with Gasteiger partial charge in [-0.2, -0.15) is 0 Å². The molecule has 0 heterocycles. The molecule has 0 saturated heterocycles. The third-order valence-electron chi connectivity index (χ3n) is 5.38. The van der Waals surface area contributed by atoms with Crippen molar-refractivity contribution in [3.8, 4) is 0 Å². The van der Waals surface area contributed by atoms with Crippen LogP contribution in [0.25, 0.3) is 0 Å². The summed E-state index contributed by atoms with van der Waals surface area (Å²) in [7, 11) is 0. The summed E-state index contributed by atoms with van der Waals surface area (Å²) in [6.45, 7) is 5.70. The number of carbonyl (C=O) groups excluding carboxylic acids is 3. The fourth-order valence-corrected chi connectivity index (χ4v) is 3.54. The fraction of sp³-hybridized carbons (Fsp3) is 0.571. The number of hydrogen-bond acceptors (Lipinski definition) is 4. The number of likely N-dealkylation sites (N-methyl/N-ethyl adjacent to an activating group) is 1. The van der Waals surface area contributed by atoms with E-state index in [1.54, 1.807) is 24.3 Å². The largest absolute Gasteiger partial charge is 0.366 e. The van der Waals surface area contributed by atoms with Crippen LogP contribution in [-0.2, 0) is 9.59 Å². The van der Waals surface area contributed by atoms with E-state index >= 15 is 0 Å². The molecule has 1 aliphatic carbocycles. The Hall–Kier alpha value is -2.41. The van der Waals surface area contributed by atoms with Crippen molar-refractivity contribution >= 4 is 23.4 Å². The maximum Gasteiger partial charge on any atom is 0.248 e. The van der Waals surface area contributed by atoms with Gasteiger partial charge in [0.25, 0.3) is 0 Å². The third kappa shape index (κ3) is 6.96. The van der Waals surface area contributed by atoms with Crippen LogP contribution < -0.4 is 16.4 Å². The molecule has 0 spiro atoms. The molecule has 154 valence electrons. The summed E-state index contributed by atoms with van der Waals surface area (Å²) < 4.78 is 0. The van der Waals surface area contributed by atoms with Crippen LogP contribution in [0.4, 0.5) is 5.69 Å². The maximum absolute atomic E-state index is 12.4. The second kappa shape index (κ2) is 10.8. The van der Waals surface area contributed by atoms with Gasteiger partial charge in [-0.25, -0.2) is 0 Å². The molecule has 2 rings (SSSR count). The Bertz CT molecular complexity index is 675. The molecule has 4 N–H and O–H groups in total. The van der Waals surface area contributed by atoms with E-state index in [1.807, 2.05) is 11.8 Å². The van der Waals surface area contributed by atoms with Gasteiger partial charge in [-0.1, -0.05) is 26.7 Å². The van der Waals surface area contributed by atoms with Crippen LogP contribution in [0.3, 0.4) is 0 Å². The van der Waals surface area contributed by atoms with Gasteiger partial charge in [0.1, 0.15) is 0 Å². The number of anilines is 1. The number of hydrogen-bond donors (Lipinski definition) is 3. The molecular formula is C21H32N4O3. The van der Waals surface area contributed by atoms with Gasteiger partial charge < -0.3 is 16.4 Å². The van der Waals surface area contributed by atoms with Crippen LogP contribution in [0.15, 0.2) is 24.3 Å². The molecule has 1 aromatic carbocycles. The second-order valence-electron chi connectivity index (χ2n) is 7.54. The number of rotatable bonds is 9. The Morgan fingerprint density at radius 2 is 1.79 bits per heavy atom. The summed E-state index contributed by atoms with van der Waals surface area (Å²) in [5.41, 5.74) is 6.21. The first-order valence-electron chi connectivity index (χ1n) is 10.1. The van der Waals surface area contributed by atoms with Crippen LogP contribution in [0, 0.1) is 5.92 Å². The van der Waals surface area contributed by atoms with Crippen molar-refractivity contribution in [3.05, 3.63) is 29.8 Å². The number of amides is 3. The van der Waals surface area contributed by atoms with E-state index in [-0.39, 0.29) is 17.9 Å². The molecule has 2 unspecified atom stereocenters. The first kappa shape index (κ1) is 21.9. The molecule has 0 aliphatic heterocycles. The quantitative estimate of drug-likeness (QED) is 0.603. The van der Waals surface area contributed by atoms with Gasteiger partial charge in [-0.15, -0.1) is 0 Å². The Balaban J connectivity index is 1.75. The Morgan fingerprint density at radius 3 is 2.39 bits per heavy atom. The molecule has 1 aliphatic rings. The van der Waals surface area contributed by atoms with E-state index in [0.29, 0.717) is 43.2 Å². The summed E-state index contributed by atoms with van der Waals surface area (Å²) in [6, 6.07) is 6.72. The minimum absolute atomic E-state index is 0.0306. The molecule has 3 amide bonds. The number of nitrogens with two attached hydrogens (primary N) is 1. The summed E-state index contributed by atoms with van der Waals surface area (Å²) in [6.07, 6.45) is 4.93. The average Bonchev–Trinajstić information content (AvgIpc) is 2.67. The van der Waals surface area contributed by atoms with E-state index in [9.17, 15) is 14.4 Å². The zero-order valence-corrected chi connectivity index (χ0v) is 16.9. The summed E-state index contributed by atoms with van der Waals surface area (Å²) in [5, 5.41) is 5.95. The zero-order valence-electron chi connectivity index (χ0n) is 16.9. The molecule has 2 atom stereocenters. The fourth-order valence-electron chi connectivity index (χ4n) is 3.54. The number of nitrogens with zero attached hydrogens (tertiary/aromatic N) is 1. The molecule has 7 heteroatoms. The van der Waals surface area contributed by atoms with Gasteiger partial charge in [-0.3, -0.25) is 19.3 Å². The van der Waals surface area contributed by atoms with Crippen molar-refractivity contribution in [3.63, 3.8) is 0 Å². The molecule has 1 saturated carbocycles. The molecule has 7 nitrogen and oxygen atoms in total. The van der Waals surface area contributed by atoms with E-state index in [2.05, 4.69) is 17.6 Å². The summed E-state index contributed by atoms with van der Waals surface area (Å²) in [4.78, 5) is 37.6. The van der Waals surface area contributed by atoms with Crippen LogP contribution in [0.5, 0.6) is 0 Å². The molecule has 28 heavy (non-hydrogen) atoms.